The monoisotopic (exact) mass is 429 g/mol. The van der Waals surface area contributed by atoms with Gasteiger partial charge in [0.05, 0.1) is 17.9 Å². The maximum atomic E-state index is 13.0. The molecule has 1 amide bonds. The molecule has 1 N–H and O–H groups in total. The first-order valence-electron chi connectivity index (χ1n) is 9.02. The van der Waals surface area contributed by atoms with Crippen LogP contribution in [0.25, 0.3) is 0 Å². The summed E-state index contributed by atoms with van der Waals surface area (Å²) in [5, 5.41) is 10.6. The van der Waals surface area contributed by atoms with Crippen LogP contribution in [0.3, 0.4) is 0 Å². The van der Waals surface area contributed by atoms with E-state index in [4.69, 9.17) is 4.42 Å². The van der Waals surface area contributed by atoms with Gasteiger partial charge in [0, 0.05) is 5.69 Å². The number of Topliss-reactive ketones (excluding diaryl/α,β-unsaturated/α-hetero) is 1. The highest BCUT2D eigenvalue weighted by Gasteiger charge is 2.45. The number of alkyl halides is 3. The first-order valence-corrected chi connectivity index (χ1v) is 9.02. The molecule has 6 nitrogen and oxygen atoms in total. The predicted octanol–water partition coefficient (Wildman–Crippen LogP) is 4.96. The van der Waals surface area contributed by atoms with Crippen LogP contribution < -0.4 is 9.64 Å². The van der Waals surface area contributed by atoms with E-state index in [1.165, 1.54) is 30.5 Å². The second-order valence-electron chi connectivity index (χ2n) is 6.60. The number of halogens is 3. The molecule has 0 aliphatic carbocycles. The highest BCUT2D eigenvalue weighted by Crippen LogP contribution is 2.42. The molecule has 0 radical (unpaired) electrons. The first kappa shape index (κ1) is 20.3. The minimum atomic E-state index is -4.86. The number of carbonyl (C=O) groups excluding carboxylic acids is 2. The lowest BCUT2D eigenvalue weighted by Gasteiger charge is -2.27. The fraction of sp³-hybridized carbons (Fsp3) is 0.0909. The third-order valence-electron chi connectivity index (χ3n) is 4.66. The SMILES string of the molecule is O=C(C1=C(O)C(=O)N(c2ccc(OC(F)(F)F)cc2)C1c1ccccc1)c1ccco1. The summed E-state index contributed by atoms with van der Waals surface area (Å²) in [4.78, 5) is 27.0. The zero-order valence-corrected chi connectivity index (χ0v) is 15.7. The smallest absolute Gasteiger partial charge is 0.503 e. The van der Waals surface area contributed by atoms with Crippen molar-refractivity contribution in [3.8, 4) is 5.75 Å². The maximum Gasteiger partial charge on any atom is 0.573 e. The Kier molecular flexibility index (Phi) is 5.02. The highest BCUT2D eigenvalue weighted by molar-refractivity contribution is 6.20. The Hall–Kier alpha value is -4.01. The summed E-state index contributed by atoms with van der Waals surface area (Å²) in [5.74, 6) is -2.84. The van der Waals surface area contributed by atoms with Crippen molar-refractivity contribution < 1.29 is 37.0 Å². The van der Waals surface area contributed by atoms with Crippen molar-refractivity contribution in [2.75, 3.05) is 4.90 Å². The molecular formula is C22H14F3NO5. The Morgan fingerprint density at radius 2 is 1.68 bits per heavy atom. The molecule has 1 atom stereocenters. The second kappa shape index (κ2) is 7.67. The zero-order valence-electron chi connectivity index (χ0n) is 15.7. The van der Waals surface area contributed by atoms with E-state index in [9.17, 15) is 27.9 Å². The number of benzene rings is 2. The van der Waals surface area contributed by atoms with Crippen molar-refractivity contribution in [1.82, 2.24) is 0 Å². The highest BCUT2D eigenvalue weighted by atomic mass is 19.4. The number of aliphatic hydroxyl groups is 1. The average molecular weight is 429 g/mol. The molecule has 1 unspecified atom stereocenters. The van der Waals surface area contributed by atoms with Crippen LogP contribution in [0.4, 0.5) is 18.9 Å². The van der Waals surface area contributed by atoms with E-state index >= 15 is 0 Å². The normalized spacial score (nSPS) is 16.7. The molecule has 158 valence electrons. The lowest BCUT2D eigenvalue weighted by molar-refractivity contribution is -0.274. The number of ketones is 1. The Morgan fingerprint density at radius 1 is 1.00 bits per heavy atom. The van der Waals surface area contributed by atoms with E-state index in [0.29, 0.717) is 5.56 Å². The molecule has 1 aliphatic heterocycles. The van der Waals surface area contributed by atoms with E-state index in [0.717, 1.165) is 17.0 Å². The van der Waals surface area contributed by atoms with Gasteiger partial charge in [-0.25, -0.2) is 0 Å². The molecule has 0 spiro atoms. The van der Waals surface area contributed by atoms with Crippen molar-refractivity contribution in [2.24, 2.45) is 0 Å². The van der Waals surface area contributed by atoms with Gasteiger partial charge in [-0.15, -0.1) is 13.2 Å². The number of carbonyl (C=O) groups is 2. The van der Waals surface area contributed by atoms with E-state index in [2.05, 4.69) is 4.74 Å². The number of hydrogen-bond donors (Lipinski definition) is 1. The van der Waals surface area contributed by atoms with Crippen LogP contribution in [-0.4, -0.2) is 23.2 Å². The number of anilines is 1. The Morgan fingerprint density at radius 3 is 2.26 bits per heavy atom. The van der Waals surface area contributed by atoms with Crippen LogP contribution in [0.2, 0.25) is 0 Å². The van der Waals surface area contributed by atoms with Crippen molar-refractivity contribution in [3.05, 3.63) is 95.6 Å². The summed E-state index contributed by atoms with van der Waals surface area (Å²) in [7, 11) is 0. The summed E-state index contributed by atoms with van der Waals surface area (Å²) >= 11 is 0. The fourth-order valence-electron chi connectivity index (χ4n) is 3.40. The van der Waals surface area contributed by atoms with Gasteiger partial charge >= 0.3 is 6.36 Å². The van der Waals surface area contributed by atoms with Gasteiger partial charge in [0.1, 0.15) is 5.75 Å². The second-order valence-corrected chi connectivity index (χ2v) is 6.60. The Bertz CT molecular complexity index is 1140. The van der Waals surface area contributed by atoms with Gasteiger partial charge < -0.3 is 14.3 Å². The van der Waals surface area contributed by atoms with Crippen molar-refractivity contribution >= 4 is 17.4 Å². The van der Waals surface area contributed by atoms with Crippen molar-refractivity contribution in [2.45, 2.75) is 12.4 Å². The van der Waals surface area contributed by atoms with Crippen LogP contribution in [0, 0.1) is 0 Å². The average Bonchev–Trinajstić information content (AvgIpc) is 3.36. The molecule has 2 aromatic carbocycles. The van der Waals surface area contributed by atoms with E-state index < -0.39 is 35.6 Å². The molecule has 1 aromatic heterocycles. The number of rotatable bonds is 5. The third kappa shape index (κ3) is 3.89. The van der Waals surface area contributed by atoms with Crippen LogP contribution in [0.1, 0.15) is 22.2 Å². The quantitative estimate of drug-likeness (QED) is 0.580. The van der Waals surface area contributed by atoms with Crippen LogP contribution in [0.15, 0.2) is 88.7 Å². The van der Waals surface area contributed by atoms with Crippen LogP contribution >= 0.6 is 0 Å². The van der Waals surface area contributed by atoms with Gasteiger partial charge in [0.15, 0.2) is 11.5 Å². The number of nitrogens with zero attached hydrogens (tertiary/aromatic N) is 1. The molecule has 9 heteroatoms. The fourth-order valence-corrected chi connectivity index (χ4v) is 3.40. The summed E-state index contributed by atoms with van der Waals surface area (Å²) < 4.78 is 46.3. The largest absolute Gasteiger partial charge is 0.573 e. The summed E-state index contributed by atoms with van der Waals surface area (Å²) in [5.41, 5.74) is 0.495. The number of amides is 1. The minimum Gasteiger partial charge on any atom is -0.503 e. The van der Waals surface area contributed by atoms with Crippen LogP contribution in [0.5, 0.6) is 5.75 Å². The Balaban J connectivity index is 1.77. The summed E-state index contributed by atoms with van der Waals surface area (Å²) in [6.45, 7) is 0. The summed E-state index contributed by atoms with van der Waals surface area (Å²) in [6.07, 6.45) is -3.57. The number of hydrogen-bond acceptors (Lipinski definition) is 5. The maximum absolute atomic E-state index is 13.0. The standard InChI is InChI=1S/C22H14F3NO5/c23-22(24,25)31-15-10-8-14(9-11-15)26-18(13-5-2-1-3-6-13)17(20(28)21(26)29)19(27)16-7-4-12-30-16/h1-12,18,28H. The molecule has 0 bridgehead atoms. The van der Waals surface area contributed by atoms with E-state index in [-0.39, 0.29) is 17.0 Å². The van der Waals surface area contributed by atoms with Gasteiger partial charge in [-0.1, -0.05) is 30.3 Å². The van der Waals surface area contributed by atoms with Crippen molar-refractivity contribution in [1.29, 1.82) is 0 Å². The summed E-state index contributed by atoms with van der Waals surface area (Å²) in [6, 6.07) is 14.9. The third-order valence-corrected chi connectivity index (χ3v) is 4.66. The molecule has 4 rings (SSSR count). The van der Waals surface area contributed by atoms with Gasteiger partial charge in [0.25, 0.3) is 5.91 Å². The lowest BCUT2D eigenvalue weighted by Crippen LogP contribution is -2.31. The number of aliphatic hydroxyl groups excluding tert-OH is 1. The zero-order chi connectivity index (χ0) is 22.2. The van der Waals surface area contributed by atoms with E-state index in [1.807, 2.05) is 0 Å². The minimum absolute atomic E-state index is 0.0638. The van der Waals surface area contributed by atoms with Crippen LogP contribution in [-0.2, 0) is 4.79 Å². The predicted molar refractivity (Wildman–Crippen MR) is 102 cm³/mol. The molecule has 0 fully saturated rings. The van der Waals surface area contributed by atoms with Gasteiger partial charge in [-0.2, -0.15) is 0 Å². The molecule has 1 aliphatic rings. The van der Waals surface area contributed by atoms with E-state index in [1.54, 1.807) is 30.3 Å². The molecule has 0 saturated carbocycles. The molecule has 3 aromatic rings. The van der Waals surface area contributed by atoms with Gasteiger partial charge in [0.2, 0.25) is 5.78 Å². The molecule has 0 saturated heterocycles. The van der Waals surface area contributed by atoms with Gasteiger partial charge in [-0.3, -0.25) is 14.5 Å². The molecule has 31 heavy (non-hydrogen) atoms. The molecule has 2 heterocycles. The van der Waals surface area contributed by atoms with Crippen molar-refractivity contribution in [3.63, 3.8) is 0 Å². The lowest BCUT2D eigenvalue weighted by atomic mass is 9.95. The molecular weight excluding hydrogens is 415 g/mol. The number of furan rings is 1. The number of ether oxygens (including phenoxy) is 1. The topological polar surface area (TPSA) is 80.0 Å². The first-order chi connectivity index (χ1) is 14.8. The van der Waals surface area contributed by atoms with Gasteiger partial charge in [-0.05, 0) is 42.0 Å². The Labute approximate surface area is 173 Å².